The van der Waals surface area contributed by atoms with Crippen LogP contribution in [0.25, 0.3) is 21.7 Å². The van der Waals surface area contributed by atoms with E-state index in [0.717, 1.165) is 38.7 Å². The standard InChI is InChI=1S/C15H11NO3S/c17-15(18)9-5-6-12-13(9)16-14(20-12)11-7-8-3-1-2-4-10(8)19-11/h1-4,7,9H,5-6H2,(H,17,18). The van der Waals surface area contributed by atoms with Gasteiger partial charge in [0, 0.05) is 10.3 Å². The van der Waals surface area contributed by atoms with Crippen molar-refractivity contribution in [3.05, 3.63) is 40.9 Å². The summed E-state index contributed by atoms with van der Waals surface area (Å²) in [5.41, 5.74) is 1.55. The number of carboxylic acids is 1. The summed E-state index contributed by atoms with van der Waals surface area (Å²) in [4.78, 5) is 16.8. The molecular formula is C15H11NO3S. The Labute approximate surface area is 118 Å². The Bertz CT molecular complexity index is 785. The molecule has 1 aliphatic carbocycles. The second kappa shape index (κ2) is 4.18. The predicted molar refractivity (Wildman–Crippen MR) is 76.0 cm³/mol. The SMILES string of the molecule is O=C(O)C1CCc2sc(-c3cc4ccccc4o3)nc21. The third kappa shape index (κ3) is 1.67. The van der Waals surface area contributed by atoms with Crippen LogP contribution < -0.4 is 0 Å². The Hall–Kier alpha value is -2.14. The molecule has 0 bridgehead atoms. The Kier molecular flexibility index (Phi) is 2.44. The van der Waals surface area contributed by atoms with Crippen LogP contribution in [0.5, 0.6) is 0 Å². The summed E-state index contributed by atoms with van der Waals surface area (Å²) < 4.78 is 5.79. The van der Waals surface area contributed by atoms with Gasteiger partial charge in [0.25, 0.3) is 0 Å². The third-order valence-electron chi connectivity index (χ3n) is 3.65. The maximum Gasteiger partial charge on any atom is 0.312 e. The molecule has 2 heterocycles. The number of rotatable bonds is 2. The number of aliphatic carboxylic acids is 1. The van der Waals surface area contributed by atoms with Crippen molar-refractivity contribution in [2.45, 2.75) is 18.8 Å². The number of thiazole rings is 1. The van der Waals surface area contributed by atoms with Gasteiger partial charge < -0.3 is 9.52 Å². The molecule has 0 fully saturated rings. The maximum atomic E-state index is 11.2. The largest absolute Gasteiger partial charge is 0.481 e. The van der Waals surface area contributed by atoms with Crippen molar-refractivity contribution in [3.8, 4) is 10.8 Å². The fourth-order valence-electron chi connectivity index (χ4n) is 2.66. The highest BCUT2D eigenvalue weighted by atomic mass is 32.1. The highest BCUT2D eigenvalue weighted by molar-refractivity contribution is 7.15. The van der Waals surface area contributed by atoms with Gasteiger partial charge >= 0.3 is 5.97 Å². The molecule has 0 spiro atoms. The number of carboxylic acid groups (broad SMARTS) is 1. The van der Waals surface area contributed by atoms with Gasteiger partial charge in [-0.2, -0.15) is 0 Å². The minimum absolute atomic E-state index is 0.459. The molecule has 0 amide bonds. The summed E-state index contributed by atoms with van der Waals surface area (Å²) in [6.45, 7) is 0. The van der Waals surface area contributed by atoms with Crippen molar-refractivity contribution in [1.29, 1.82) is 0 Å². The molecule has 0 aliphatic heterocycles. The lowest BCUT2D eigenvalue weighted by Gasteiger charge is -2.00. The Balaban J connectivity index is 1.80. The smallest absolute Gasteiger partial charge is 0.312 e. The van der Waals surface area contributed by atoms with E-state index in [1.807, 2.05) is 30.3 Å². The highest BCUT2D eigenvalue weighted by Gasteiger charge is 2.32. The second-order valence-corrected chi connectivity index (χ2v) is 5.99. The van der Waals surface area contributed by atoms with Gasteiger partial charge in [-0.15, -0.1) is 11.3 Å². The minimum Gasteiger partial charge on any atom is -0.481 e. The average molecular weight is 285 g/mol. The van der Waals surface area contributed by atoms with Gasteiger partial charge in [0.2, 0.25) is 0 Å². The van der Waals surface area contributed by atoms with Crippen LogP contribution in [-0.2, 0) is 11.2 Å². The molecule has 0 radical (unpaired) electrons. The lowest BCUT2D eigenvalue weighted by molar-refractivity contribution is -0.138. The van der Waals surface area contributed by atoms with E-state index in [0.29, 0.717) is 6.42 Å². The molecule has 4 rings (SSSR count). The number of hydrogen-bond acceptors (Lipinski definition) is 4. The molecule has 1 unspecified atom stereocenters. The molecule has 1 N–H and O–H groups in total. The lowest BCUT2D eigenvalue weighted by Crippen LogP contribution is -2.08. The number of fused-ring (bicyclic) bond motifs is 2. The van der Waals surface area contributed by atoms with E-state index in [1.54, 1.807) is 11.3 Å². The van der Waals surface area contributed by atoms with Crippen LogP contribution >= 0.6 is 11.3 Å². The number of carbonyl (C=O) groups is 1. The number of nitrogens with zero attached hydrogens (tertiary/aromatic N) is 1. The summed E-state index contributed by atoms with van der Waals surface area (Å²) in [5.74, 6) is -0.528. The van der Waals surface area contributed by atoms with E-state index in [-0.39, 0.29) is 0 Å². The summed E-state index contributed by atoms with van der Waals surface area (Å²) >= 11 is 1.54. The normalized spacial score (nSPS) is 17.5. The molecule has 0 saturated carbocycles. The van der Waals surface area contributed by atoms with Crippen LogP contribution in [0.1, 0.15) is 22.9 Å². The van der Waals surface area contributed by atoms with E-state index >= 15 is 0 Å². The first-order valence-corrected chi connectivity index (χ1v) is 7.25. The predicted octanol–water partition coefficient (Wildman–Crippen LogP) is 3.67. The average Bonchev–Trinajstić information content (AvgIpc) is 3.10. The Morgan fingerprint density at radius 3 is 3.05 bits per heavy atom. The number of furan rings is 1. The number of benzene rings is 1. The van der Waals surface area contributed by atoms with Gasteiger partial charge in [-0.3, -0.25) is 4.79 Å². The highest BCUT2D eigenvalue weighted by Crippen LogP contribution is 2.40. The number of aromatic nitrogens is 1. The molecule has 1 aliphatic rings. The van der Waals surface area contributed by atoms with Crippen molar-refractivity contribution in [2.24, 2.45) is 0 Å². The molecule has 2 aromatic heterocycles. The zero-order chi connectivity index (χ0) is 13.7. The van der Waals surface area contributed by atoms with Crippen molar-refractivity contribution >= 4 is 28.3 Å². The first kappa shape index (κ1) is 11.7. The molecular weight excluding hydrogens is 274 g/mol. The van der Waals surface area contributed by atoms with Crippen LogP contribution in [0.2, 0.25) is 0 Å². The van der Waals surface area contributed by atoms with Gasteiger partial charge in [0.05, 0.1) is 5.69 Å². The second-order valence-electron chi connectivity index (χ2n) is 4.91. The van der Waals surface area contributed by atoms with Crippen LogP contribution in [0.3, 0.4) is 0 Å². The van der Waals surface area contributed by atoms with E-state index in [9.17, 15) is 9.90 Å². The van der Waals surface area contributed by atoms with Crippen LogP contribution in [0.4, 0.5) is 0 Å². The molecule has 1 aromatic carbocycles. The number of hydrogen-bond donors (Lipinski definition) is 1. The summed E-state index contributed by atoms with van der Waals surface area (Å²) in [6, 6.07) is 9.75. The van der Waals surface area contributed by atoms with Gasteiger partial charge in [0.1, 0.15) is 11.5 Å². The molecule has 5 heteroatoms. The molecule has 100 valence electrons. The summed E-state index contributed by atoms with van der Waals surface area (Å²) in [6.07, 6.45) is 1.45. The Morgan fingerprint density at radius 2 is 2.25 bits per heavy atom. The van der Waals surface area contributed by atoms with E-state index in [4.69, 9.17) is 4.42 Å². The maximum absolute atomic E-state index is 11.2. The number of para-hydroxylation sites is 1. The zero-order valence-electron chi connectivity index (χ0n) is 10.5. The van der Waals surface area contributed by atoms with Gasteiger partial charge in [-0.1, -0.05) is 18.2 Å². The van der Waals surface area contributed by atoms with Crippen LogP contribution in [0, 0.1) is 0 Å². The molecule has 4 nitrogen and oxygen atoms in total. The van der Waals surface area contributed by atoms with Crippen LogP contribution in [-0.4, -0.2) is 16.1 Å². The fraction of sp³-hybridized carbons (Fsp3) is 0.200. The quantitative estimate of drug-likeness (QED) is 0.780. The van der Waals surface area contributed by atoms with Crippen molar-refractivity contribution in [1.82, 2.24) is 4.98 Å². The van der Waals surface area contributed by atoms with Crippen molar-refractivity contribution in [3.63, 3.8) is 0 Å². The molecule has 1 atom stereocenters. The zero-order valence-corrected chi connectivity index (χ0v) is 11.3. The summed E-state index contributed by atoms with van der Waals surface area (Å²) in [7, 11) is 0. The number of aryl methyl sites for hydroxylation is 1. The van der Waals surface area contributed by atoms with Gasteiger partial charge in [-0.25, -0.2) is 4.98 Å². The first-order valence-electron chi connectivity index (χ1n) is 6.44. The topological polar surface area (TPSA) is 63.3 Å². The van der Waals surface area contributed by atoms with Crippen LogP contribution in [0.15, 0.2) is 34.7 Å². The monoisotopic (exact) mass is 285 g/mol. The third-order valence-corrected chi connectivity index (χ3v) is 4.80. The molecule has 3 aromatic rings. The van der Waals surface area contributed by atoms with E-state index in [2.05, 4.69) is 4.98 Å². The van der Waals surface area contributed by atoms with Gasteiger partial charge in [-0.05, 0) is 25.0 Å². The molecule has 20 heavy (non-hydrogen) atoms. The fourth-order valence-corrected chi connectivity index (χ4v) is 3.75. The minimum atomic E-state index is -0.787. The van der Waals surface area contributed by atoms with E-state index in [1.165, 1.54) is 0 Å². The van der Waals surface area contributed by atoms with E-state index < -0.39 is 11.9 Å². The van der Waals surface area contributed by atoms with Crippen molar-refractivity contribution < 1.29 is 14.3 Å². The molecule has 0 saturated heterocycles. The van der Waals surface area contributed by atoms with Gasteiger partial charge in [0.15, 0.2) is 10.8 Å². The first-order chi connectivity index (χ1) is 9.72. The van der Waals surface area contributed by atoms with Crippen molar-refractivity contribution in [2.75, 3.05) is 0 Å². The lowest BCUT2D eigenvalue weighted by atomic mass is 10.1. The summed E-state index contributed by atoms with van der Waals surface area (Å²) in [5, 5.41) is 11.0. The Morgan fingerprint density at radius 1 is 1.40 bits per heavy atom.